The van der Waals surface area contributed by atoms with Crippen LogP contribution in [0.2, 0.25) is 0 Å². The van der Waals surface area contributed by atoms with E-state index in [1.54, 1.807) is 13.3 Å². The molecule has 0 bridgehead atoms. The van der Waals surface area contributed by atoms with E-state index in [9.17, 15) is 0 Å². The highest BCUT2D eigenvalue weighted by atomic mass is 16.5. The molecule has 90 valence electrons. The van der Waals surface area contributed by atoms with Gasteiger partial charge in [0.05, 0.1) is 6.61 Å². The summed E-state index contributed by atoms with van der Waals surface area (Å²) in [5, 5.41) is 3.45. The second kappa shape index (κ2) is 8.21. The molecule has 0 fully saturated rings. The van der Waals surface area contributed by atoms with Gasteiger partial charge in [0.15, 0.2) is 0 Å². The summed E-state index contributed by atoms with van der Waals surface area (Å²) in [4.78, 5) is 4.08. The minimum atomic E-state index is 0.369. The number of rotatable bonds is 8. The summed E-state index contributed by atoms with van der Waals surface area (Å²) in [5.74, 6) is 0. The van der Waals surface area contributed by atoms with E-state index >= 15 is 0 Å². The highest BCUT2D eigenvalue weighted by Crippen LogP contribution is 2.00. The topological polar surface area (TPSA) is 60.2 Å². The fourth-order valence-corrected chi connectivity index (χ4v) is 1.57. The molecule has 1 aromatic heterocycles. The predicted molar refractivity (Wildman–Crippen MR) is 65.0 cm³/mol. The molecule has 1 heterocycles. The Morgan fingerprint density at radius 1 is 1.56 bits per heavy atom. The molecule has 0 amide bonds. The first-order valence-corrected chi connectivity index (χ1v) is 5.68. The molecule has 3 N–H and O–H groups in total. The lowest BCUT2D eigenvalue weighted by Crippen LogP contribution is -2.33. The SMILES string of the molecule is COCC(CCCN)NCc1cccnc1. The minimum absolute atomic E-state index is 0.369. The standard InChI is InChI=1S/C12H21N3O/c1-16-10-12(5-2-6-13)15-9-11-4-3-7-14-8-11/h3-4,7-8,12,15H,2,5-6,9-10,13H2,1H3. The molecule has 0 spiro atoms. The van der Waals surface area contributed by atoms with Gasteiger partial charge in [0.1, 0.15) is 0 Å². The first-order chi connectivity index (χ1) is 7.86. The second-order valence-corrected chi connectivity index (χ2v) is 3.83. The molecule has 4 heteroatoms. The average Bonchev–Trinajstić information content (AvgIpc) is 2.34. The fourth-order valence-electron chi connectivity index (χ4n) is 1.57. The lowest BCUT2D eigenvalue weighted by molar-refractivity contribution is 0.161. The maximum absolute atomic E-state index is 5.50. The van der Waals surface area contributed by atoms with Crippen molar-refractivity contribution in [2.75, 3.05) is 20.3 Å². The molecule has 4 nitrogen and oxygen atoms in total. The molecular formula is C12H21N3O. The van der Waals surface area contributed by atoms with Gasteiger partial charge in [-0.3, -0.25) is 4.98 Å². The van der Waals surface area contributed by atoms with Crippen molar-refractivity contribution in [3.05, 3.63) is 30.1 Å². The summed E-state index contributed by atoms with van der Waals surface area (Å²) < 4.78 is 5.17. The van der Waals surface area contributed by atoms with Crippen LogP contribution < -0.4 is 11.1 Å². The van der Waals surface area contributed by atoms with Gasteiger partial charge in [0.2, 0.25) is 0 Å². The van der Waals surface area contributed by atoms with E-state index in [-0.39, 0.29) is 0 Å². The molecule has 1 unspecified atom stereocenters. The van der Waals surface area contributed by atoms with Gasteiger partial charge in [0, 0.05) is 32.1 Å². The van der Waals surface area contributed by atoms with Crippen LogP contribution in [-0.2, 0) is 11.3 Å². The molecule has 0 aliphatic heterocycles. The number of nitrogens with zero attached hydrogens (tertiary/aromatic N) is 1. The second-order valence-electron chi connectivity index (χ2n) is 3.83. The van der Waals surface area contributed by atoms with E-state index in [0.717, 1.165) is 32.5 Å². The van der Waals surface area contributed by atoms with Crippen LogP contribution in [0, 0.1) is 0 Å². The van der Waals surface area contributed by atoms with Gasteiger partial charge in [-0.2, -0.15) is 0 Å². The van der Waals surface area contributed by atoms with Gasteiger partial charge in [-0.15, -0.1) is 0 Å². The van der Waals surface area contributed by atoms with Crippen molar-refractivity contribution < 1.29 is 4.74 Å². The summed E-state index contributed by atoms with van der Waals surface area (Å²) in [5.41, 5.74) is 6.69. The van der Waals surface area contributed by atoms with Crippen LogP contribution in [-0.4, -0.2) is 31.3 Å². The van der Waals surface area contributed by atoms with Crippen molar-refractivity contribution in [2.24, 2.45) is 5.73 Å². The van der Waals surface area contributed by atoms with Crippen molar-refractivity contribution in [1.82, 2.24) is 10.3 Å². The van der Waals surface area contributed by atoms with E-state index in [1.807, 2.05) is 12.3 Å². The summed E-state index contributed by atoms with van der Waals surface area (Å²) in [6.45, 7) is 2.28. The van der Waals surface area contributed by atoms with Crippen LogP contribution >= 0.6 is 0 Å². The van der Waals surface area contributed by atoms with E-state index < -0.39 is 0 Å². The van der Waals surface area contributed by atoms with E-state index in [4.69, 9.17) is 10.5 Å². The Hall–Kier alpha value is -0.970. The highest BCUT2D eigenvalue weighted by molar-refractivity contribution is 5.07. The number of aromatic nitrogens is 1. The lowest BCUT2D eigenvalue weighted by Gasteiger charge is -2.17. The molecule has 0 aromatic carbocycles. The van der Waals surface area contributed by atoms with Crippen LogP contribution in [0.3, 0.4) is 0 Å². The van der Waals surface area contributed by atoms with Gasteiger partial charge in [-0.05, 0) is 31.0 Å². The number of hydrogen-bond donors (Lipinski definition) is 2. The molecule has 1 atom stereocenters. The number of ether oxygens (including phenoxy) is 1. The third kappa shape index (κ3) is 5.21. The van der Waals surface area contributed by atoms with E-state index in [0.29, 0.717) is 6.04 Å². The van der Waals surface area contributed by atoms with Gasteiger partial charge in [0.25, 0.3) is 0 Å². The van der Waals surface area contributed by atoms with Crippen LogP contribution in [0.4, 0.5) is 0 Å². The zero-order valence-corrected chi connectivity index (χ0v) is 9.86. The van der Waals surface area contributed by atoms with Gasteiger partial charge >= 0.3 is 0 Å². The Bertz CT molecular complexity index is 266. The Morgan fingerprint density at radius 2 is 2.44 bits per heavy atom. The molecule has 0 saturated heterocycles. The fraction of sp³-hybridized carbons (Fsp3) is 0.583. The van der Waals surface area contributed by atoms with Crippen molar-refractivity contribution >= 4 is 0 Å². The Balaban J connectivity index is 2.31. The Kier molecular flexibility index (Phi) is 6.72. The van der Waals surface area contributed by atoms with Crippen LogP contribution in [0.15, 0.2) is 24.5 Å². The van der Waals surface area contributed by atoms with Crippen LogP contribution in [0.25, 0.3) is 0 Å². The highest BCUT2D eigenvalue weighted by Gasteiger charge is 2.06. The molecule has 0 aliphatic rings. The number of methoxy groups -OCH3 is 1. The number of nitrogens with one attached hydrogen (secondary N) is 1. The first kappa shape index (κ1) is 13.1. The molecule has 0 saturated carbocycles. The summed E-state index contributed by atoms with van der Waals surface area (Å²) in [6.07, 6.45) is 5.73. The zero-order valence-electron chi connectivity index (χ0n) is 9.86. The number of pyridine rings is 1. The zero-order chi connectivity index (χ0) is 11.6. The van der Waals surface area contributed by atoms with Crippen molar-refractivity contribution in [3.63, 3.8) is 0 Å². The maximum Gasteiger partial charge on any atom is 0.0615 e. The normalized spacial score (nSPS) is 12.6. The largest absolute Gasteiger partial charge is 0.383 e. The lowest BCUT2D eigenvalue weighted by atomic mass is 10.1. The summed E-state index contributed by atoms with van der Waals surface area (Å²) in [6, 6.07) is 4.38. The van der Waals surface area contributed by atoms with Crippen molar-refractivity contribution in [2.45, 2.75) is 25.4 Å². The predicted octanol–water partition coefficient (Wildman–Crippen LogP) is 0.925. The molecule has 1 rings (SSSR count). The van der Waals surface area contributed by atoms with Crippen LogP contribution in [0.5, 0.6) is 0 Å². The monoisotopic (exact) mass is 223 g/mol. The first-order valence-electron chi connectivity index (χ1n) is 5.68. The van der Waals surface area contributed by atoms with Crippen LogP contribution in [0.1, 0.15) is 18.4 Å². The number of hydrogen-bond acceptors (Lipinski definition) is 4. The Morgan fingerprint density at radius 3 is 3.06 bits per heavy atom. The smallest absolute Gasteiger partial charge is 0.0615 e. The molecule has 0 radical (unpaired) electrons. The Labute approximate surface area is 97.2 Å². The summed E-state index contributed by atoms with van der Waals surface area (Å²) >= 11 is 0. The van der Waals surface area contributed by atoms with Crippen molar-refractivity contribution in [3.8, 4) is 0 Å². The van der Waals surface area contributed by atoms with Gasteiger partial charge < -0.3 is 15.8 Å². The average molecular weight is 223 g/mol. The molecule has 0 aliphatic carbocycles. The minimum Gasteiger partial charge on any atom is -0.383 e. The molecule has 16 heavy (non-hydrogen) atoms. The maximum atomic E-state index is 5.50. The third-order valence-electron chi connectivity index (χ3n) is 2.44. The molecular weight excluding hydrogens is 202 g/mol. The third-order valence-corrected chi connectivity index (χ3v) is 2.44. The quantitative estimate of drug-likeness (QED) is 0.688. The van der Waals surface area contributed by atoms with E-state index in [2.05, 4.69) is 16.4 Å². The molecule has 1 aromatic rings. The van der Waals surface area contributed by atoms with Gasteiger partial charge in [-0.25, -0.2) is 0 Å². The summed E-state index contributed by atoms with van der Waals surface area (Å²) in [7, 11) is 1.72. The van der Waals surface area contributed by atoms with Crippen molar-refractivity contribution in [1.29, 1.82) is 0 Å². The van der Waals surface area contributed by atoms with Gasteiger partial charge in [-0.1, -0.05) is 6.07 Å². The van der Waals surface area contributed by atoms with E-state index in [1.165, 1.54) is 5.56 Å². The number of nitrogens with two attached hydrogens (primary N) is 1.